The van der Waals surface area contributed by atoms with E-state index in [-0.39, 0.29) is 27.0 Å². The quantitative estimate of drug-likeness (QED) is 0.535. The van der Waals surface area contributed by atoms with Gasteiger partial charge >= 0.3 is 12.1 Å². The van der Waals surface area contributed by atoms with Crippen LogP contribution in [-0.2, 0) is 15.7 Å². The van der Waals surface area contributed by atoms with Gasteiger partial charge in [-0.05, 0) is 24.3 Å². The van der Waals surface area contributed by atoms with Crippen molar-refractivity contribution in [2.75, 3.05) is 24.8 Å². The van der Waals surface area contributed by atoms with Crippen LogP contribution < -0.4 is 15.8 Å². The van der Waals surface area contributed by atoms with Crippen LogP contribution in [0.25, 0.3) is 0 Å². The fourth-order valence-corrected chi connectivity index (χ4v) is 2.49. The first-order valence-corrected chi connectivity index (χ1v) is 8.25. The average molecular weight is 437 g/mol. The third-order valence-electron chi connectivity index (χ3n) is 3.43. The van der Waals surface area contributed by atoms with E-state index >= 15 is 0 Å². The fraction of sp³-hybridized carbons (Fsp3) is 0.176. The maximum Gasteiger partial charge on any atom is 0.418 e. The van der Waals surface area contributed by atoms with Gasteiger partial charge in [0, 0.05) is 11.1 Å². The lowest BCUT2D eigenvalue weighted by Crippen LogP contribution is -2.23. The number of nitrogens with two attached hydrogens (primary N) is 1. The number of esters is 1. The van der Waals surface area contributed by atoms with Gasteiger partial charge in [-0.15, -0.1) is 0 Å². The number of methoxy groups -OCH3 is 1. The van der Waals surface area contributed by atoms with E-state index in [1.165, 1.54) is 25.3 Å². The van der Waals surface area contributed by atoms with Crippen LogP contribution in [0.4, 0.5) is 24.5 Å². The van der Waals surface area contributed by atoms with Crippen LogP contribution in [0.2, 0.25) is 10.0 Å². The average Bonchev–Trinajstić information content (AvgIpc) is 2.62. The van der Waals surface area contributed by atoms with Gasteiger partial charge in [0.15, 0.2) is 6.61 Å². The lowest BCUT2D eigenvalue weighted by molar-refractivity contribution is -0.137. The molecule has 0 aliphatic heterocycles. The topological polar surface area (TPSA) is 90.7 Å². The van der Waals surface area contributed by atoms with Gasteiger partial charge < -0.3 is 20.5 Å². The number of rotatable bonds is 5. The molecule has 0 spiro atoms. The predicted molar refractivity (Wildman–Crippen MR) is 97.8 cm³/mol. The number of nitrogen functional groups attached to an aromatic ring is 1. The van der Waals surface area contributed by atoms with Crippen LogP contribution in [-0.4, -0.2) is 25.6 Å². The second kappa shape index (κ2) is 8.57. The Hall–Kier alpha value is -2.65. The van der Waals surface area contributed by atoms with E-state index in [2.05, 4.69) is 0 Å². The summed E-state index contributed by atoms with van der Waals surface area (Å²) in [6, 6.07) is 5.33. The maximum absolute atomic E-state index is 13.0. The molecule has 6 nitrogen and oxygen atoms in total. The Morgan fingerprint density at radius 1 is 1.18 bits per heavy atom. The van der Waals surface area contributed by atoms with Gasteiger partial charge in [0.25, 0.3) is 5.91 Å². The van der Waals surface area contributed by atoms with Crippen LogP contribution in [0, 0.1) is 0 Å². The van der Waals surface area contributed by atoms with Crippen LogP contribution >= 0.6 is 23.2 Å². The monoisotopic (exact) mass is 436 g/mol. The molecule has 0 saturated heterocycles. The number of carbonyl (C=O) groups excluding carboxylic acids is 2. The molecule has 0 saturated carbocycles. The van der Waals surface area contributed by atoms with Gasteiger partial charge in [0.05, 0.1) is 29.1 Å². The van der Waals surface area contributed by atoms with E-state index in [9.17, 15) is 22.8 Å². The molecule has 11 heteroatoms. The molecule has 3 N–H and O–H groups in total. The van der Waals surface area contributed by atoms with Crippen molar-refractivity contribution in [3.63, 3.8) is 0 Å². The molecule has 1 amide bonds. The minimum absolute atomic E-state index is 0.0596. The molecule has 0 bridgehead atoms. The number of hydrogen-bond donors (Lipinski definition) is 2. The van der Waals surface area contributed by atoms with E-state index in [1.807, 2.05) is 5.32 Å². The molecule has 0 atom stereocenters. The van der Waals surface area contributed by atoms with Gasteiger partial charge in [0.2, 0.25) is 0 Å². The van der Waals surface area contributed by atoms with Gasteiger partial charge in [-0.25, -0.2) is 4.79 Å². The van der Waals surface area contributed by atoms with Gasteiger partial charge in [-0.3, -0.25) is 4.79 Å². The number of benzene rings is 2. The molecule has 0 fully saturated rings. The number of alkyl halides is 3. The predicted octanol–water partition coefficient (Wildman–Crippen LogP) is 4.40. The number of anilines is 2. The van der Waals surface area contributed by atoms with Crippen molar-refractivity contribution in [2.24, 2.45) is 0 Å². The molecular weight excluding hydrogens is 424 g/mol. The Labute approximate surface area is 167 Å². The lowest BCUT2D eigenvalue weighted by atomic mass is 10.1. The zero-order valence-electron chi connectivity index (χ0n) is 14.2. The molecule has 0 aliphatic carbocycles. The summed E-state index contributed by atoms with van der Waals surface area (Å²) in [4.78, 5) is 24.1. The summed E-state index contributed by atoms with van der Waals surface area (Å²) in [5.74, 6) is -1.90. The molecular formula is C17H13Cl2F3N2O4. The molecule has 0 aromatic heterocycles. The van der Waals surface area contributed by atoms with Crippen LogP contribution in [0.3, 0.4) is 0 Å². The molecule has 2 aromatic rings. The highest BCUT2D eigenvalue weighted by molar-refractivity contribution is 6.33. The zero-order valence-corrected chi connectivity index (χ0v) is 15.7. The fourth-order valence-electron chi connectivity index (χ4n) is 2.15. The Balaban J connectivity index is 2.10. The summed E-state index contributed by atoms with van der Waals surface area (Å²) in [5.41, 5.74) is 4.01. The standard InChI is InChI=1S/C17H13Cl2F3N2O4/c1-27-14-6-12(23)11(19)5-9(14)16(26)28-7-15(25)24-13-3-2-8(18)4-10(13)17(20,21)22/h2-6H,7,23H2,1H3,(H,24,25). The van der Waals surface area contributed by atoms with E-state index < -0.39 is 35.9 Å². The first kappa shape index (κ1) is 21.6. The van der Waals surface area contributed by atoms with Crippen molar-refractivity contribution in [3.05, 3.63) is 51.5 Å². The number of halogens is 5. The third kappa shape index (κ3) is 5.20. The van der Waals surface area contributed by atoms with Gasteiger partial charge in [-0.2, -0.15) is 13.2 Å². The highest BCUT2D eigenvalue weighted by Gasteiger charge is 2.34. The van der Waals surface area contributed by atoms with Crippen LogP contribution in [0.1, 0.15) is 15.9 Å². The molecule has 2 rings (SSSR count). The van der Waals surface area contributed by atoms with Gasteiger partial charge in [0.1, 0.15) is 11.3 Å². The van der Waals surface area contributed by atoms with Crippen LogP contribution in [0.5, 0.6) is 5.75 Å². The largest absolute Gasteiger partial charge is 0.496 e. The molecule has 0 heterocycles. The number of amides is 1. The first-order valence-electron chi connectivity index (χ1n) is 7.49. The van der Waals surface area contributed by atoms with E-state index in [1.54, 1.807) is 0 Å². The molecule has 0 aliphatic rings. The minimum Gasteiger partial charge on any atom is -0.496 e. The second-order valence-corrected chi connectivity index (χ2v) is 6.23. The maximum atomic E-state index is 13.0. The molecule has 150 valence electrons. The zero-order chi connectivity index (χ0) is 21.1. The van der Waals surface area contributed by atoms with Crippen molar-refractivity contribution < 1.29 is 32.2 Å². The lowest BCUT2D eigenvalue weighted by Gasteiger charge is -2.14. The van der Waals surface area contributed by atoms with Crippen LogP contribution in [0.15, 0.2) is 30.3 Å². The van der Waals surface area contributed by atoms with Crippen molar-refractivity contribution in [1.82, 2.24) is 0 Å². The summed E-state index contributed by atoms with van der Waals surface area (Å²) in [6.07, 6.45) is -4.74. The van der Waals surface area contributed by atoms with Gasteiger partial charge in [-0.1, -0.05) is 23.2 Å². The van der Waals surface area contributed by atoms with Crippen molar-refractivity contribution >= 4 is 46.5 Å². The Kier molecular flexibility index (Phi) is 6.63. The molecule has 0 unspecified atom stereocenters. The van der Waals surface area contributed by atoms with Crippen molar-refractivity contribution in [3.8, 4) is 5.75 Å². The number of hydrogen-bond acceptors (Lipinski definition) is 5. The summed E-state index contributed by atoms with van der Waals surface area (Å²) in [6.45, 7) is -0.843. The molecule has 2 aromatic carbocycles. The number of ether oxygens (including phenoxy) is 2. The van der Waals surface area contributed by atoms with Crippen molar-refractivity contribution in [2.45, 2.75) is 6.18 Å². The highest BCUT2D eigenvalue weighted by Crippen LogP contribution is 2.36. The van der Waals surface area contributed by atoms with E-state index in [0.29, 0.717) is 6.07 Å². The third-order valence-corrected chi connectivity index (χ3v) is 4.00. The summed E-state index contributed by atoms with van der Waals surface area (Å²) >= 11 is 11.4. The first-order chi connectivity index (χ1) is 13.0. The summed E-state index contributed by atoms with van der Waals surface area (Å²) in [5, 5.41) is 1.94. The Morgan fingerprint density at radius 2 is 1.86 bits per heavy atom. The SMILES string of the molecule is COc1cc(N)c(Cl)cc1C(=O)OCC(=O)Nc1ccc(Cl)cc1C(F)(F)F. The number of carbonyl (C=O) groups is 2. The second-order valence-electron chi connectivity index (χ2n) is 5.39. The minimum atomic E-state index is -4.74. The van der Waals surface area contributed by atoms with E-state index in [0.717, 1.165) is 6.07 Å². The number of nitrogens with one attached hydrogen (secondary N) is 1. The molecule has 0 radical (unpaired) electrons. The molecule has 28 heavy (non-hydrogen) atoms. The van der Waals surface area contributed by atoms with E-state index in [4.69, 9.17) is 38.4 Å². The normalized spacial score (nSPS) is 11.1. The highest BCUT2D eigenvalue weighted by atomic mass is 35.5. The smallest absolute Gasteiger partial charge is 0.418 e. The Morgan fingerprint density at radius 3 is 2.46 bits per heavy atom. The van der Waals surface area contributed by atoms with Crippen molar-refractivity contribution in [1.29, 1.82) is 0 Å². The Bertz CT molecular complexity index is 920. The summed E-state index contributed by atoms with van der Waals surface area (Å²) in [7, 11) is 1.28. The summed E-state index contributed by atoms with van der Waals surface area (Å²) < 4.78 is 48.9.